The van der Waals surface area contributed by atoms with E-state index in [-0.39, 0.29) is 11.5 Å². The van der Waals surface area contributed by atoms with Crippen LogP contribution in [0.1, 0.15) is 44.3 Å². The summed E-state index contributed by atoms with van der Waals surface area (Å²) in [7, 11) is 0. The van der Waals surface area contributed by atoms with Crippen LogP contribution in [-0.4, -0.2) is 19.6 Å². The lowest BCUT2D eigenvalue weighted by Crippen LogP contribution is -2.26. The van der Waals surface area contributed by atoms with Crippen molar-refractivity contribution in [3.63, 3.8) is 0 Å². The third-order valence-corrected chi connectivity index (χ3v) is 4.59. The van der Waals surface area contributed by atoms with Crippen molar-refractivity contribution in [2.24, 2.45) is 5.41 Å². The van der Waals surface area contributed by atoms with Crippen molar-refractivity contribution in [2.45, 2.75) is 40.2 Å². The Morgan fingerprint density at radius 2 is 2.18 bits per heavy atom. The number of anilines is 1. The van der Waals surface area contributed by atoms with Gasteiger partial charge in [0.2, 0.25) is 0 Å². The number of hydrogen-bond donors (Lipinski definition) is 1. The van der Waals surface area contributed by atoms with Gasteiger partial charge >= 0.3 is 0 Å². The van der Waals surface area contributed by atoms with Gasteiger partial charge in [-0.05, 0) is 23.3 Å². The molecule has 3 aromatic heterocycles. The Morgan fingerprint density at radius 3 is 2.82 bits per heavy atom. The Bertz CT molecular complexity index is 755. The zero-order valence-electron chi connectivity index (χ0n) is 13.4. The molecule has 0 spiro atoms. The third kappa shape index (κ3) is 2.83. The van der Waals surface area contributed by atoms with Gasteiger partial charge in [0, 0.05) is 16.6 Å². The van der Waals surface area contributed by atoms with Gasteiger partial charge in [0.05, 0.1) is 6.04 Å². The second-order valence-corrected chi connectivity index (χ2v) is 7.40. The fourth-order valence-electron chi connectivity index (χ4n) is 2.46. The quantitative estimate of drug-likeness (QED) is 0.792. The Kier molecular flexibility index (Phi) is 3.87. The number of fused-ring (bicyclic) bond motifs is 1. The van der Waals surface area contributed by atoms with E-state index in [1.54, 1.807) is 22.2 Å². The minimum absolute atomic E-state index is 0.0768. The average molecular weight is 315 g/mol. The van der Waals surface area contributed by atoms with Crippen molar-refractivity contribution in [1.82, 2.24) is 19.6 Å². The van der Waals surface area contributed by atoms with Gasteiger partial charge in [-0.15, -0.1) is 11.3 Å². The molecule has 0 aromatic carbocycles. The molecule has 0 saturated heterocycles. The first-order valence-electron chi connectivity index (χ1n) is 7.48. The maximum atomic E-state index is 4.50. The van der Waals surface area contributed by atoms with E-state index in [9.17, 15) is 0 Å². The van der Waals surface area contributed by atoms with Gasteiger partial charge < -0.3 is 5.32 Å². The minimum Gasteiger partial charge on any atom is -0.362 e. The highest BCUT2D eigenvalue weighted by Crippen LogP contribution is 2.37. The summed E-state index contributed by atoms with van der Waals surface area (Å²) in [6.45, 7) is 8.82. The maximum Gasteiger partial charge on any atom is 0.254 e. The molecule has 0 aliphatic heterocycles. The van der Waals surface area contributed by atoms with Crippen LogP contribution in [0.4, 0.5) is 5.82 Å². The molecule has 0 amide bonds. The number of aromatic nitrogens is 4. The number of nitrogens with zero attached hydrogens (tertiary/aromatic N) is 4. The molecule has 3 heterocycles. The lowest BCUT2D eigenvalue weighted by molar-refractivity contribution is 0.350. The fraction of sp³-hybridized carbons (Fsp3) is 0.438. The summed E-state index contributed by atoms with van der Waals surface area (Å²) in [5.74, 6) is 1.58. The van der Waals surface area contributed by atoms with Gasteiger partial charge in [0.1, 0.15) is 12.1 Å². The summed E-state index contributed by atoms with van der Waals surface area (Å²) in [5.41, 5.74) is 1.09. The smallest absolute Gasteiger partial charge is 0.254 e. The van der Waals surface area contributed by atoms with Gasteiger partial charge in [-0.1, -0.05) is 33.8 Å². The van der Waals surface area contributed by atoms with Gasteiger partial charge in [-0.3, -0.25) is 0 Å². The molecule has 5 nitrogen and oxygen atoms in total. The predicted octanol–water partition coefficient (Wildman–Crippen LogP) is 3.95. The van der Waals surface area contributed by atoms with Crippen LogP contribution in [0.3, 0.4) is 0 Å². The maximum absolute atomic E-state index is 4.50. The van der Waals surface area contributed by atoms with Crippen LogP contribution in [0.5, 0.6) is 0 Å². The van der Waals surface area contributed by atoms with Gasteiger partial charge in [-0.25, -0.2) is 4.98 Å². The van der Waals surface area contributed by atoms with E-state index in [4.69, 9.17) is 0 Å². The minimum atomic E-state index is 0.0768. The molecule has 0 aliphatic rings. The molecule has 0 bridgehead atoms. The monoisotopic (exact) mass is 315 g/mol. The molecule has 1 N–H and O–H groups in total. The zero-order chi connectivity index (χ0) is 15.7. The van der Waals surface area contributed by atoms with Crippen LogP contribution in [0.25, 0.3) is 5.78 Å². The summed E-state index contributed by atoms with van der Waals surface area (Å²) in [6, 6.07) is 6.53. The van der Waals surface area contributed by atoms with Crippen molar-refractivity contribution in [2.75, 3.05) is 5.32 Å². The molecule has 0 aliphatic carbocycles. The molecule has 3 aromatic rings. The first-order chi connectivity index (χ1) is 10.5. The van der Waals surface area contributed by atoms with E-state index < -0.39 is 0 Å². The van der Waals surface area contributed by atoms with Crippen LogP contribution in [0, 0.1) is 5.41 Å². The van der Waals surface area contributed by atoms with Crippen LogP contribution in [-0.2, 0) is 6.42 Å². The molecule has 0 fully saturated rings. The highest BCUT2D eigenvalue weighted by Gasteiger charge is 2.28. The van der Waals surface area contributed by atoms with E-state index in [2.05, 4.69) is 71.7 Å². The Labute approximate surface area is 134 Å². The third-order valence-electron chi connectivity index (χ3n) is 3.65. The molecule has 0 saturated carbocycles. The van der Waals surface area contributed by atoms with E-state index >= 15 is 0 Å². The Hall–Kier alpha value is -1.95. The highest BCUT2D eigenvalue weighted by atomic mass is 32.1. The summed E-state index contributed by atoms with van der Waals surface area (Å²) < 4.78 is 1.77. The zero-order valence-corrected chi connectivity index (χ0v) is 14.2. The van der Waals surface area contributed by atoms with E-state index in [0.29, 0.717) is 5.78 Å². The Morgan fingerprint density at radius 1 is 1.36 bits per heavy atom. The van der Waals surface area contributed by atoms with Crippen LogP contribution in [0.2, 0.25) is 0 Å². The predicted molar refractivity (Wildman–Crippen MR) is 90.3 cm³/mol. The molecular weight excluding hydrogens is 294 g/mol. The normalized spacial score (nSPS) is 13.5. The van der Waals surface area contributed by atoms with E-state index in [0.717, 1.165) is 17.9 Å². The van der Waals surface area contributed by atoms with Crippen molar-refractivity contribution >= 4 is 22.9 Å². The second kappa shape index (κ2) is 5.68. The topological polar surface area (TPSA) is 55.1 Å². The number of rotatable bonds is 4. The van der Waals surface area contributed by atoms with Crippen molar-refractivity contribution in [3.8, 4) is 0 Å². The standard InChI is InChI=1S/C16H21N5S/c1-5-11-9-13(21-15(19-11)17-10-18-21)20-14(16(2,3)4)12-7-6-8-22-12/h6-10,14,20H,5H2,1-4H3. The molecule has 6 heteroatoms. The fourth-order valence-corrected chi connectivity index (χ4v) is 3.48. The molecule has 116 valence electrons. The number of aryl methyl sites for hydroxylation is 1. The van der Waals surface area contributed by atoms with Crippen LogP contribution >= 0.6 is 11.3 Å². The summed E-state index contributed by atoms with van der Waals surface area (Å²) in [4.78, 5) is 10.0. The van der Waals surface area contributed by atoms with Gasteiger partial charge in [0.15, 0.2) is 0 Å². The van der Waals surface area contributed by atoms with E-state index in [1.807, 2.05) is 0 Å². The lowest BCUT2D eigenvalue weighted by Gasteiger charge is -2.31. The summed E-state index contributed by atoms with van der Waals surface area (Å²) >= 11 is 1.77. The summed E-state index contributed by atoms with van der Waals surface area (Å²) in [6.07, 6.45) is 2.42. The average Bonchev–Trinajstić information content (AvgIpc) is 3.13. The van der Waals surface area contributed by atoms with Crippen LogP contribution < -0.4 is 5.32 Å². The molecule has 0 radical (unpaired) electrons. The van der Waals surface area contributed by atoms with Gasteiger partial charge in [0.25, 0.3) is 5.78 Å². The SMILES string of the molecule is CCc1cc(NC(c2cccs2)C(C)(C)C)n2ncnc2n1. The second-order valence-electron chi connectivity index (χ2n) is 6.42. The summed E-state index contributed by atoms with van der Waals surface area (Å²) in [5, 5.41) is 10.1. The molecule has 3 rings (SSSR count). The number of hydrogen-bond acceptors (Lipinski definition) is 5. The Balaban J connectivity index is 2.05. The van der Waals surface area contributed by atoms with Gasteiger partial charge in [-0.2, -0.15) is 14.6 Å². The van der Waals surface area contributed by atoms with E-state index in [1.165, 1.54) is 4.88 Å². The molecule has 22 heavy (non-hydrogen) atoms. The van der Waals surface area contributed by atoms with Crippen LogP contribution in [0.15, 0.2) is 29.9 Å². The molecular formula is C16H21N5S. The first-order valence-corrected chi connectivity index (χ1v) is 8.36. The number of nitrogens with one attached hydrogen (secondary N) is 1. The van der Waals surface area contributed by atoms with Crippen molar-refractivity contribution < 1.29 is 0 Å². The lowest BCUT2D eigenvalue weighted by atomic mass is 9.86. The van der Waals surface area contributed by atoms with Crippen molar-refractivity contribution in [1.29, 1.82) is 0 Å². The molecule has 1 unspecified atom stereocenters. The first kappa shape index (κ1) is 15.0. The number of thiophene rings is 1. The largest absolute Gasteiger partial charge is 0.362 e. The molecule has 1 atom stereocenters. The highest BCUT2D eigenvalue weighted by molar-refractivity contribution is 7.10. The van der Waals surface area contributed by atoms with Crippen molar-refractivity contribution in [3.05, 3.63) is 40.5 Å².